The minimum absolute atomic E-state index is 0.0816. The van der Waals surface area contributed by atoms with Crippen LogP contribution in [0.1, 0.15) is 37.0 Å². The minimum atomic E-state index is -0.606. The van der Waals surface area contributed by atoms with E-state index in [4.69, 9.17) is 4.74 Å². The second-order valence-electron chi connectivity index (χ2n) is 6.69. The molecular weight excluding hydrogens is 284 g/mol. The van der Waals surface area contributed by atoms with Gasteiger partial charge in [0.15, 0.2) is 5.72 Å². The van der Waals surface area contributed by atoms with Gasteiger partial charge in [0, 0.05) is 19.2 Å². The number of aromatic nitrogens is 2. The Labute approximate surface area is 128 Å². The van der Waals surface area contributed by atoms with E-state index < -0.39 is 5.72 Å². The molecule has 0 aromatic carbocycles. The van der Waals surface area contributed by atoms with Crippen LogP contribution in [0, 0.1) is 5.92 Å². The van der Waals surface area contributed by atoms with Crippen molar-refractivity contribution in [2.75, 3.05) is 13.2 Å². The van der Waals surface area contributed by atoms with Crippen molar-refractivity contribution >= 4 is 11.8 Å². The van der Waals surface area contributed by atoms with Gasteiger partial charge in [0.05, 0.1) is 36.9 Å². The lowest BCUT2D eigenvalue weighted by molar-refractivity contribution is -0.139. The Morgan fingerprint density at radius 1 is 1.55 bits per heavy atom. The first kappa shape index (κ1) is 13.8. The average molecular weight is 304 g/mol. The fourth-order valence-corrected chi connectivity index (χ4v) is 4.15. The first-order valence-electron chi connectivity index (χ1n) is 7.80. The van der Waals surface area contributed by atoms with Gasteiger partial charge in [0.2, 0.25) is 5.91 Å². The van der Waals surface area contributed by atoms with Crippen molar-refractivity contribution in [3.63, 3.8) is 0 Å². The molecule has 22 heavy (non-hydrogen) atoms. The van der Waals surface area contributed by atoms with Gasteiger partial charge in [-0.15, -0.1) is 0 Å². The summed E-state index contributed by atoms with van der Waals surface area (Å²) < 4.78 is 6.12. The van der Waals surface area contributed by atoms with Crippen molar-refractivity contribution in [3.05, 3.63) is 18.0 Å². The zero-order valence-electron chi connectivity index (χ0n) is 12.8. The number of ether oxygens (including phenoxy) is 1. The molecule has 1 spiro atoms. The molecule has 7 nitrogen and oxygen atoms in total. The van der Waals surface area contributed by atoms with Gasteiger partial charge < -0.3 is 14.5 Å². The third-order valence-electron chi connectivity index (χ3n) is 5.26. The molecule has 1 aromatic heterocycles. The Kier molecular flexibility index (Phi) is 2.84. The normalized spacial score (nSPS) is 33.7. The molecule has 2 amide bonds. The van der Waals surface area contributed by atoms with Gasteiger partial charge in [-0.3, -0.25) is 14.7 Å². The molecule has 3 aliphatic rings. The number of hydrogen-bond acceptors (Lipinski definition) is 4. The van der Waals surface area contributed by atoms with E-state index in [1.165, 1.54) is 6.20 Å². The Bertz CT molecular complexity index is 614. The highest BCUT2D eigenvalue weighted by molar-refractivity contribution is 5.95. The van der Waals surface area contributed by atoms with Gasteiger partial charge in [0.1, 0.15) is 0 Å². The molecule has 1 N–H and O–H groups in total. The molecule has 3 saturated heterocycles. The predicted octanol–water partition coefficient (Wildman–Crippen LogP) is 0.608. The lowest BCUT2D eigenvalue weighted by Crippen LogP contribution is -2.51. The third kappa shape index (κ3) is 1.63. The quantitative estimate of drug-likeness (QED) is 0.868. The van der Waals surface area contributed by atoms with E-state index in [0.717, 1.165) is 0 Å². The van der Waals surface area contributed by atoms with Crippen molar-refractivity contribution in [3.8, 4) is 0 Å². The number of H-pyrrole nitrogens is 1. The standard InChI is InChI=1S/C15H20N4O3/c1-9(2)11-8-22-15-3-4-18(12(15)5-13(20)19(11)15)14(21)10-6-16-17-7-10/h6-7,9,11-12H,3-5,8H2,1-2H3,(H,16,17)/t11-,12+,15-/m0/s1. The minimum Gasteiger partial charge on any atom is -0.351 e. The Morgan fingerprint density at radius 2 is 2.36 bits per heavy atom. The van der Waals surface area contributed by atoms with E-state index in [-0.39, 0.29) is 23.9 Å². The molecule has 0 saturated carbocycles. The van der Waals surface area contributed by atoms with E-state index >= 15 is 0 Å². The van der Waals surface area contributed by atoms with Gasteiger partial charge >= 0.3 is 0 Å². The zero-order valence-corrected chi connectivity index (χ0v) is 12.8. The largest absolute Gasteiger partial charge is 0.351 e. The highest BCUT2D eigenvalue weighted by Crippen LogP contribution is 2.49. The fourth-order valence-electron chi connectivity index (χ4n) is 4.15. The van der Waals surface area contributed by atoms with Crippen molar-refractivity contribution in [2.45, 2.75) is 44.5 Å². The van der Waals surface area contributed by atoms with Crippen LogP contribution in [-0.2, 0) is 9.53 Å². The number of hydrogen-bond donors (Lipinski definition) is 1. The highest BCUT2D eigenvalue weighted by atomic mass is 16.5. The van der Waals surface area contributed by atoms with Crippen LogP contribution in [0.25, 0.3) is 0 Å². The van der Waals surface area contributed by atoms with E-state index in [1.54, 1.807) is 11.1 Å². The second kappa shape index (κ2) is 4.55. The van der Waals surface area contributed by atoms with Gasteiger partial charge in [-0.25, -0.2) is 0 Å². The molecule has 0 unspecified atom stereocenters. The number of carbonyl (C=O) groups excluding carboxylic acids is 2. The molecule has 0 aliphatic carbocycles. The smallest absolute Gasteiger partial charge is 0.257 e. The maximum atomic E-state index is 12.6. The van der Waals surface area contributed by atoms with Gasteiger partial charge in [-0.05, 0) is 5.92 Å². The summed E-state index contributed by atoms with van der Waals surface area (Å²) in [6, 6.07) is -0.0763. The van der Waals surface area contributed by atoms with Crippen LogP contribution in [0.15, 0.2) is 12.4 Å². The lowest BCUT2D eigenvalue weighted by Gasteiger charge is -2.34. The number of amides is 2. The summed E-state index contributed by atoms with van der Waals surface area (Å²) >= 11 is 0. The monoisotopic (exact) mass is 304 g/mol. The molecule has 3 atom stereocenters. The highest BCUT2D eigenvalue weighted by Gasteiger charge is 2.65. The third-order valence-corrected chi connectivity index (χ3v) is 5.26. The summed E-state index contributed by atoms with van der Waals surface area (Å²) in [6.07, 6.45) is 4.16. The summed E-state index contributed by atoms with van der Waals surface area (Å²) in [4.78, 5) is 28.9. The number of carbonyl (C=O) groups is 2. The van der Waals surface area contributed by atoms with Gasteiger partial charge in [0.25, 0.3) is 5.91 Å². The first-order valence-corrected chi connectivity index (χ1v) is 7.80. The molecule has 4 heterocycles. The summed E-state index contributed by atoms with van der Waals surface area (Å²) in [5, 5.41) is 6.50. The lowest BCUT2D eigenvalue weighted by atomic mass is 10.0. The van der Waals surface area contributed by atoms with Crippen LogP contribution < -0.4 is 0 Å². The Balaban J connectivity index is 1.65. The maximum absolute atomic E-state index is 12.6. The van der Waals surface area contributed by atoms with E-state index in [9.17, 15) is 9.59 Å². The predicted molar refractivity (Wildman–Crippen MR) is 76.8 cm³/mol. The van der Waals surface area contributed by atoms with Crippen LogP contribution in [0.3, 0.4) is 0 Å². The van der Waals surface area contributed by atoms with E-state index in [1.807, 2.05) is 4.90 Å². The summed E-state index contributed by atoms with van der Waals surface area (Å²) in [7, 11) is 0. The second-order valence-corrected chi connectivity index (χ2v) is 6.69. The van der Waals surface area contributed by atoms with Crippen LogP contribution in [0.5, 0.6) is 0 Å². The number of nitrogens with one attached hydrogen (secondary N) is 1. The Morgan fingerprint density at radius 3 is 3.05 bits per heavy atom. The zero-order chi connectivity index (χ0) is 15.5. The topological polar surface area (TPSA) is 78.5 Å². The average Bonchev–Trinajstić information content (AvgIpc) is 3.20. The van der Waals surface area contributed by atoms with Crippen molar-refractivity contribution < 1.29 is 14.3 Å². The van der Waals surface area contributed by atoms with Crippen LogP contribution in [-0.4, -0.2) is 62.8 Å². The van der Waals surface area contributed by atoms with Crippen molar-refractivity contribution in [2.24, 2.45) is 5.92 Å². The summed E-state index contributed by atoms with van der Waals surface area (Å²) in [5.74, 6) is 0.369. The summed E-state index contributed by atoms with van der Waals surface area (Å²) in [5.41, 5.74) is -0.0767. The molecule has 1 aromatic rings. The number of rotatable bonds is 2. The number of likely N-dealkylation sites (tertiary alicyclic amines) is 1. The van der Waals surface area contributed by atoms with Crippen LogP contribution in [0.4, 0.5) is 0 Å². The molecule has 0 radical (unpaired) electrons. The van der Waals surface area contributed by atoms with Crippen LogP contribution in [0.2, 0.25) is 0 Å². The van der Waals surface area contributed by atoms with Gasteiger partial charge in [-0.2, -0.15) is 5.10 Å². The van der Waals surface area contributed by atoms with E-state index in [2.05, 4.69) is 24.0 Å². The van der Waals surface area contributed by atoms with Gasteiger partial charge in [-0.1, -0.05) is 13.8 Å². The Hall–Kier alpha value is -1.89. The molecule has 118 valence electrons. The molecule has 7 heteroatoms. The molecule has 3 aliphatic heterocycles. The fraction of sp³-hybridized carbons (Fsp3) is 0.667. The van der Waals surface area contributed by atoms with Crippen molar-refractivity contribution in [1.29, 1.82) is 0 Å². The molecule has 4 rings (SSSR count). The molecule has 3 fully saturated rings. The molecule has 0 bridgehead atoms. The van der Waals surface area contributed by atoms with E-state index in [0.29, 0.717) is 37.5 Å². The number of aromatic amines is 1. The summed E-state index contributed by atoms with van der Waals surface area (Å²) in [6.45, 7) is 5.39. The SMILES string of the molecule is CC(C)[C@@H]1CO[C@@]23CCN(C(=O)c4cn[nH]c4)[C@@H]2CC(=O)N13. The maximum Gasteiger partial charge on any atom is 0.257 e. The van der Waals surface area contributed by atoms with Crippen molar-refractivity contribution in [1.82, 2.24) is 20.0 Å². The number of nitrogens with zero attached hydrogens (tertiary/aromatic N) is 3. The van der Waals surface area contributed by atoms with Crippen LogP contribution >= 0.6 is 0 Å². The molecular formula is C15H20N4O3. The first-order chi connectivity index (χ1) is 10.5.